The molecule has 0 unspecified atom stereocenters. The van der Waals surface area contributed by atoms with Gasteiger partial charge in [-0.3, -0.25) is 0 Å². The summed E-state index contributed by atoms with van der Waals surface area (Å²) in [5, 5.41) is 0.804. The number of nitrogens with zero attached hydrogens (tertiary/aromatic N) is 1. The second-order valence-electron chi connectivity index (χ2n) is 1.87. The van der Waals surface area contributed by atoms with E-state index in [1.807, 2.05) is 37.9 Å². The van der Waals surface area contributed by atoms with Crippen molar-refractivity contribution in [2.75, 3.05) is 14.1 Å². The second kappa shape index (κ2) is 3.67. The van der Waals surface area contributed by atoms with E-state index >= 15 is 0 Å². The summed E-state index contributed by atoms with van der Waals surface area (Å²) in [7, 11) is 3.91. The number of halogens is 1. The summed E-state index contributed by atoms with van der Waals surface area (Å²) < 4.78 is 1.94. The van der Waals surface area contributed by atoms with Crippen molar-refractivity contribution in [3.05, 3.63) is 11.1 Å². The molecular weight excluding hydrogens is 122 g/mol. The fraction of sp³-hybridized carbons (Fsp3) is 0.500. The highest BCUT2D eigenvalue weighted by molar-refractivity contribution is 6.30. The molecule has 8 heavy (non-hydrogen) atoms. The Morgan fingerprint density at radius 3 is 2.12 bits per heavy atom. The lowest BCUT2D eigenvalue weighted by Crippen LogP contribution is -1.95. The molecule has 0 aromatic heterocycles. The maximum Gasteiger partial charge on any atom is 0.164 e. The first kappa shape index (κ1) is 7.70. The van der Waals surface area contributed by atoms with Crippen molar-refractivity contribution < 1.29 is 4.58 Å². The normalized spacial score (nSPS) is 11.2. The van der Waals surface area contributed by atoms with E-state index < -0.39 is 0 Å². The Bertz CT molecular complexity index is 100. The molecule has 0 atom stereocenters. The van der Waals surface area contributed by atoms with Gasteiger partial charge in [-0.2, -0.15) is 0 Å². The van der Waals surface area contributed by atoms with E-state index in [0.29, 0.717) is 0 Å². The summed E-state index contributed by atoms with van der Waals surface area (Å²) >= 11 is 5.53. The van der Waals surface area contributed by atoms with E-state index in [4.69, 9.17) is 11.6 Å². The quantitative estimate of drug-likeness (QED) is 0.376. The van der Waals surface area contributed by atoms with Gasteiger partial charge in [0, 0.05) is 11.1 Å². The van der Waals surface area contributed by atoms with Gasteiger partial charge in [-0.15, -0.1) is 0 Å². The molecule has 0 fully saturated rings. The minimum absolute atomic E-state index is 0.804. The molecule has 0 bridgehead atoms. The third kappa shape index (κ3) is 5.70. The van der Waals surface area contributed by atoms with Gasteiger partial charge in [-0.1, -0.05) is 11.6 Å². The van der Waals surface area contributed by atoms with E-state index in [2.05, 4.69) is 0 Å². The largest absolute Gasteiger partial charge is 0.241 e. The molecule has 2 heteroatoms. The van der Waals surface area contributed by atoms with Crippen molar-refractivity contribution in [2.45, 2.75) is 6.92 Å². The first-order valence-corrected chi connectivity index (χ1v) is 2.84. The van der Waals surface area contributed by atoms with Gasteiger partial charge in [0.25, 0.3) is 0 Å². The molecule has 1 nitrogen and oxygen atoms in total. The lowest BCUT2D eigenvalue weighted by atomic mass is 10.5. The molecular formula is C6H11ClN+. The zero-order chi connectivity index (χ0) is 6.57. The minimum Gasteiger partial charge on any atom is -0.241 e. The van der Waals surface area contributed by atoms with Gasteiger partial charge in [0.15, 0.2) is 6.21 Å². The highest BCUT2D eigenvalue weighted by atomic mass is 35.5. The minimum atomic E-state index is 0.804. The van der Waals surface area contributed by atoms with Crippen molar-refractivity contribution in [3.8, 4) is 0 Å². The summed E-state index contributed by atoms with van der Waals surface area (Å²) in [6.45, 7) is 1.85. The highest BCUT2D eigenvalue weighted by Gasteiger charge is 1.78. The van der Waals surface area contributed by atoms with Crippen LogP contribution in [0.5, 0.6) is 0 Å². The standard InChI is InChI=1S/C6H11ClN/c1-6(7)4-5-8(2)3/h4-5H,1-3H3/q+1/b6-4-. The monoisotopic (exact) mass is 132 g/mol. The van der Waals surface area contributed by atoms with Gasteiger partial charge in [0.2, 0.25) is 0 Å². The van der Waals surface area contributed by atoms with Gasteiger partial charge in [0.05, 0.1) is 0 Å². The fourth-order valence-electron chi connectivity index (χ4n) is 0.252. The van der Waals surface area contributed by atoms with Gasteiger partial charge in [0.1, 0.15) is 14.1 Å². The Kier molecular flexibility index (Phi) is 3.53. The third-order valence-electron chi connectivity index (χ3n) is 0.602. The van der Waals surface area contributed by atoms with Crippen molar-refractivity contribution in [3.63, 3.8) is 0 Å². The molecule has 0 radical (unpaired) electrons. The lowest BCUT2D eigenvalue weighted by Gasteiger charge is -1.79. The first-order chi connectivity index (χ1) is 3.63. The van der Waals surface area contributed by atoms with Crippen LogP contribution in [0.2, 0.25) is 0 Å². The first-order valence-electron chi connectivity index (χ1n) is 2.46. The molecule has 0 heterocycles. The zero-order valence-electron chi connectivity index (χ0n) is 5.48. The van der Waals surface area contributed by atoms with Crippen LogP contribution in [0.1, 0.15) is 6.92 Å². The van der Waals surface area contributed by atoms with Crippen LogP contribution in [0, 0.1) is 0 Å². The van der Waals surface area contributed by atoms with Crippen LogP contribution in [0.15, 0.2) is 11.1 Å². The second-order valence-corrected chi connectivity index (χ2v) is 2.46. The van der Waals surface area contributed by atoms with Crippen LogP contribution < -0.4 is 0 Å². The van der Waals surface area contributed by atoms with E-state index in [0.717, 1.165) is 5.03 Å². The van der Waals surface area contributed by atoms with Crippen LogP contribution in [0.3, 0.4) is 0 Å². The Morgan fingerprint density at radius 2 is 2.00 bits per heavy atom. The average molecular weight is 133 g/mol. The molecule has 46 valence electrons. The summed E-state index contributed by atoms with van der Waals surface area (Å²) in [4.78, 5) is 0. The fourth-order valence-corrected chi connectivity index (χ4v) is 0.308. The van der Waals surface area contributed by atoms with Crippen LogP contribution in [0.25, 0.3) is 0 Å². The number of rotatable bonds is 1. The Hall–Kier alpha value is -0.300. The predicted molar refractivity (Wildman–Crippen MR) is 37.8 cm³/mol. The Labute approximate surface area is 55.3 Å². The van der Waals surface area contributed by atoms with Crippen LogP contribution >= 0.6 is 11.6 Å². The molecule has 0 saturated carbocycles. The van der Waals surface area contributed by atoms with Crippen molar-refractivity contribution in [2.24, 2.45) is 0 Å². The third-order valence-corrected chi connectivity index (χ3v) is 0.728. The molecule has 0 aliphatic rings. The van der Waals surface area contributed by atoms with E-state index in [9.17, 15) is 0 Å². The zero-order valence-corrected chi connectivity index (χ0v) is 6.24. The SMILES string of the molecule is C/C(Cl)=C/C=[N+](C)C. The Balaban J connectivity index is 3.76. The molecule has 0 N–H and O–H groups in total. The molecule has 0 spiro atoms. The molecule has 0 saturated heterocycles. The van der Waals surface area contributed by atoms with E-state index in [1.165, 1.54) is 0 Å². The van der Waals surface area contributed by atoms with Crippen molar-refractivity contribution in [1.82, 2.24) is 0 Å². The van der Waals surface area contributed by atoms with E-state index in [-0.39, 0.29) is 0 Å². The smallest absolute Gasteiger partial charge is 0.164 e. The molecule has 0 aliphatic carbocycles. The van der Waals surface area contributed by atoms with Gasteiger partial charge >= 0.3 is 0 Å². The van der Waals surface area contributed by atoms with Crippen molar-refractivity contribution >= 4 is 17.8 Å². The van der Waals surface area contributed by atoms with Crippen LogP contribution in [0.4, 0.5) is 0 Å². The number of allylic oxidation sites excluding steroid dienone is 2. The number of hydrogen-bond donors (Lipinski definition) is 0. The Morgan fingerprint density at radius 1 is 1.50 bits per heavy atom. The molecule has 0 aromatic carbocycles. The highest BCUT2D eigenvalue weighted by Crippen LogP contribution is 1.93. The maximum atomic E-state index is 5.53. The number of hydrogen-bond acceptors (Lipinski definition) is 0. The van der Waals surface area contributed by atoms with Crippen LogP contribution in [-0.2, 0) is 0 Å². The van der Waals surface area contributed by atoms with Crippen LogP contribution in [-0.4, -0.2) is 24.9 Å². The van der Waals surface area contributed by atoms with Gasteiger partial charge in [-0.05, 0) is 6.92 Å². The summed E-state index contributed by atoms with van der Waals surface area (Å²) in [6, 6.07) is 0. The lowest BCUT2D eigenvalue weighted by molar-refractivity contribution is -0.458. The summed E-state index contributed by atoms with van der Waals surface area (Å²) in [5.74, 6) is 0. The average Bonchev–Trinajstić information content (AvgIpc) is 1.61. The predicted octanol–water partition coefficient (Wildman–Crippen LogP) is 1.47. The topological polar surface area (TPSA) is 3.01 Å². The molecule has 0 aliphatic heterocycles. The molecule has 0 rings (SSSR count). The summed E-state index contributed by atoms with van der Waals surface area (Å²) in [6.07, 6.45) is 3.75. The summed E-state index contributed by atoms with van der Waals surface area (Å²) in [5.41, 5.74) is 0. The van der Waals surface area contributed by atoms with Gasteiger partial charge < -0.3 is 0 Å². The molecule has 0 amide bonds. The van der Waals surface area contributed by atoms with Gasteiger partial charge in [-0.25, -0.2) is 4.58 Å². The molecule has 0 aromatic rings. The van der Waals surface area contributed by atoms with Crippen molar-refractivity contribution in [1.29, 1.82) is 0 Å². The van der Waals surface area contributed by atoms with E-state index in [1.54, 1.807) is 0 Å². The maximum absolute atomic E-state index is 5.53.